The third-order valence-corrected chi connectivity index (χ3v) is 7.89. The average Bonchev–Trinajstić information content (AvgIpc) is 2.74. The molecule has 2 aromatic carbocycles. The molecule has 3 nitrogen and oxygen atoms in total. The predicted octanol–water partition coefficient (Wildman–Crippen LogP) is 6.32. The van der Waals surface area contributed by atoms with Crippen molar-refractivity contribution in [1.29, 1.82) is 0 Å². The lowest BCUT2D eigenvalue weighted by Crippen LogP contribution is -2.55. The zero-order valence-corrected chi connectivity index (χ0v) is 19.6. The first-order chi connectivity index (χ1) is 15.7. The smallest absolute Gasteiger partial charge is 0.416 e. The monoisotopic (exact) mass is 481 g/mol. The van der Waals surface area contributed by atoms with Gasteiger partial charge in [-0.1, -0.05) is 30.2 Å². The van der Waals surface area contributed by atoms with Gasteiger partial charge in [0.2, 0.25) is 0 Å². The molecule has 7 heteroatoms. The minimum Gasteiger partial charge on any atom is -0.493 e. The molecule has 1 aliphatic heterocycles. The van der Waals surface area contributed by atoms with Gasteiger partial charge in [0.25, 0.3) is 0 Å². The Hall–Kier alpha value is -1.76. The molecular weight excluding hydrogens is 451 g/mol. The van der Waals surface area contributed by atoms with E-state index in [1.54, 1.807) is 0 Å². The Bertz CT molecular complexity index is 913. The van der Waals surface area contributed by atoms with Gasteiger partial charge in [0.15, 0.2) is 0 Å². The first kappa shape index (κ1) is 24.4. The molecule has 0 amide bonds. The molecular formula is C26H31ClF3NO2. The molecule has 1 aliphatic carbocycles. The topological polar surface area (TPSA) is 32.7 Å². The van der Waals surface area contributed by atoms with Gasteiger partial charge in [-0.2, -0.15) is 13.2 Å². The lowest BCUT2D eigenvalue weighted by atomic mass is 9.61. The Kier molecular flexibility index (Phi) is 7.27. The van der Waals surface area contributed by atoms with Crippen LogP contribution in [0.3, 0.4) is 0 Å². The highest BCUT2D eigenvalue weighted by Gasteiger charge is 2.46. The van der Waals surface area contributed by atoms with E-state index in [1.807, 2.05) is 24.3 Å². The van der Waals surface area contributed by atoms with E-state index in [0.717, 1.165) is 56.3 Å². The highest BCUT2D eigenvalue weighted by atomic mass is 35.5. The Morgan fingerprint density at radius 1 is 1.09 bits per heavy atom. The number of halogens is 4. The van der Waals surface area contributed by atoms with Crippen LogP contribution in [-0.4, -0.2) is 41.8 Å². The van der Waals surface area contributed by atoms with Crippen LogP contribution >= 0.6 is 11.6 Å². The molecule has 1 saturated heterocycles. The molecule has 33 heavy (non-hydrogen) atoms. The summed E-state index contributed by atoms with van der Waals surface area (Å²) in [6.07, 6.45) is 0.240. The predicted molar refractivity (Wildman–Crippen MR) is 124 cm³/mol. The number of rotatable bonds is 7. The van der Waals surface area contributed by atoms with Crippen LogP contribution in [0.1, 0.15) is 50.2 Å². The molecule has 4 rings (SSSR count). The van der Waals surface area contributed by atoms with Crippen LogP contribution in [0.15, 0.2) is 48.5 Å². The van der Waals surface area contributed by atoms with E-state index in [1.165, 1.54) is 12.1 Å². The summed E-state index contributed by atoms with van der Waals surface area (Å²) in [6.45, 7) is 4.12. The van der Waals surface area contributed by atoms with E-state index < -0.39 is 17.8 Å². The molecule has 2 aromatic rings. The Morgan fingerprint density at radius 2 is 1.76 bits per heavy atom. The van der Waals surface area contributed by atoms with Gasteiger partial charge in [-0.05, 0) is 81.1 Å². The Balaban J connectivity index is 1.36. The van der Waals surface area contributed by atoms with E-state index >= 15 is 0 Å². The van der Waals surface area contributed by atoms with Crippen molar-refractivity contribution in [2.75, 3.05) is 19.7 Å². The molecule has 1 N–H and O–H groups in total. The number of piperidine rings is 1. The third kappa shape index (κ3) is 5.33. The third-order valence-electron chi connectivity index (χ3n) is 7.63. The van der Waals surface area contributed by atoms with Gasteiger partial charge in [0, 0.05) is 28.9 Å². The maximum absolute atomic E-state index is 12.8. The molecule has 2 aliphatic rings. The number of hydrogen-bond donors (Lipinski definition) is 1. The van der Waals surface area contributed by atoms with E-state index in [4.69, 9.17) is 16.3 Å². The van der Waals surface area contributed by atoms with E-state index in [0.29, 0.717) is 23.9 Å². The van der Waals surface area contributed by atoms with Gasteiger partial charge in [-0.15, -0.1) is 0 Å². The summed E-state index contributed by atoms with van der Waals surface area (Å²) >= 11 is 6.06. The molecule has 0 spiro atoms. The minimum atomic E-state index is -4.35. The fourth-order valence-electron chi connectivity index (χ4n) is 5.27. The normalized spacial score (nSPS) is 24.2. The number of aliphatic hydroxyl groups excluding tert-OH is 1. The Labute approximate surface area is 198 Å². The lowest BCUT2D eigenvalue weighted by molar-refractivity contribution is -0.137. The van der Waals surface area contributed by atoms with Crippen LogP contribution in [0.5, 0.6) is 5.75 Å². The van der Waals surface area contributed by atoms with Crippen molar-refractivity contribution in [2.45, 2.75) is 62.8 Å². The summed E-state index contributed by atoms with van der Waals surface area (Å²) in [7, 11) is 0. The van der Waals surface area contributed by atoms with Gasteiger partial charge in [-0.3, -0.25) is 4.90 Å². The molecule has 3 atom stereocenters. The Morgan fingerprint density at radius 3 is 2.33 bits per heavy atom. The maximum atomic E-state index is 12.8. The second-order valence-electron chi connectivity index (χ2n) is 9.50. The van der Waals surface area contributed by atoms with Gasteiger partial charge in [0.05, 0.1) is 18.3 Å². The number of nitrogens with zero attached hydrogens (tertiary/aromatic N) is 1. The van der Waals surface area contributed by atoms with E-state index in [-0.39, 0.29) is 17.4 Å². The largest absolute Gasteiger partial charge is 0.493 e. The fourth-order valence-corrected chi connectivity index (χ4v) is 5.40. The molecule has 0 unspecified atom stereocenters. The molecule has 2 fully saturated rings. The number of hydrogen-bond acceptors (Lipinski definition) is 3. The molecule has 1 saturated carbocycles. The van der Waals surface area contributed by atoms with Gasteiger partial charge < -0.3 is 9.84 Å². The summed E-state index contributed by atoms with van der Waals surface area (Å²) in [5.41, 5.74) is 0.262. The zero-order chi connectivity index (χ0) is 23.6. The first-order valence-corrected chi connectivity index (χ1v) is 12.0. The van der Waals surface area contributed by atoms with Crippen molar-refractivity contribution in [1.82, 2.24) is 4.90 Å². The standard InChI is InChI=1S/C26H31ClF3NO2/c1-18-19(17-33-23-11-7-21(8-12-23)26(28,29)30)4-2-15-31(18)16-24(32)25(13-3-14-25)20-5-9-22(27)10-6-20/h5-12,18-19,24,32H,2-4,13-17H2,1H3/t18-,19-,24-/m0/s1. The molecule has 1 heterocycles. The average molecular weight is 482 g/mol. The van der Waals surface area contributed by atoms with Crippen LogP contribution in [0.25, 0.3) is 0 Å². The van der Waals surface area contributed by atoms with Crippen LogP contribution in [-0.2, 0) is 11.6 Å². The number of benzene rings is 2. The summed E-state index contributed by atoms with van der Waals surface area (Å²) in [6, 6.07) is 12.9. The molecule has 180 valence electrons. The van der Waals surface area contributed by atoms with Crippen molar-refractivity contribution in [3.63, 3.8) is 0 Å². The van der Waals surface area contributed by atoms with Crippen LogP contribution < -0.4 is 4.74 Å². The first-order valence-electron chi connectivity index (χ1n) is 11.7. The maximum Gasteiger partial charge on any atom is 0.416 e. The molecule has 0 aromatic heterocycles. The quantitative estimate of drug-likeness (QED) is 0.502. The number of alkyl halides is 3. The van der Waals surface area contributed by atoms with Gasteiger partial charge in [0.1, 0.15) is 5.75 Å². The summed E-state index contributed by atoms with van der Waals surface area (Å²) < 4.78 is 44.1. The van der Waals surface area contributed by atoms with E-state index in [2.05, 4.69) is 11.8 Å². The highest BCUT2D eigenvalue weighted by molar-refractivity contribution is 6.30. The highest BCUT2D eigenvalue weighted by Crippen LogP contribution is 2.47. The molecule has 0 radical (unpaired) electrons. The number of β-amino-alcohol motifs (C(OH)–C–C–N with tert-alkyl or cyclic N) is 1. The van der Waals surface area contributed by atoms with Gasteiger partial charge in [-0.25, -0.2) is 0 Å². The van der Waals surface area contributed by atoms with E-state index in [9.17, 15) is 18.3 Å². The number of ether oxygens (including phenoxy) is 1. The fraction of sp³-hybridized carbons (Fsp3) is 0.538. The number of aliphatic hydroxyl groups is 1. The van der Waals surface area contributed by atoms with Crippen LogP contribution in [0, 0.1) is 5.92 Å². The van der Waals surface area contributed by atoms with Crippen LogP contribution in [0.2, 0.25) is 5.02 Å². The van der Waals surface area contributed by atoms with Crippen molar-refractivity contribution in [3.8, 4) is 5.75 Å². The second kappa shape index (κ2) is 9.85. The van der Waals surface area contributed by atoms with Crippen molar-refractivity contribution >= 4 is 11.6 Å². The van der Waals surface area contributed by atoms with Crippen molar-refractivity contribution in [2.24, 2.45) is 5.92 Å². The SMILES string of the molecule is C[C@H]1[C@H](COc2ccc(C(F)(F)F)cc2)CCCN1C[C@H](O)C1(c2ccc(Cl)cc2)CCC1. The zero-order valence-electron chi connectivity index (χ0n) is 18.8. The van der Waals surface area contributed by atoms with Gasteiger partial charge >= 0.3 is 6.18 Å². The second-order valence-corrected chi connectivity index (χ2v) is 9.94. The van der Waals surface area contributed by atoms with Crippen molar-refractivity contribution in [3.05, 3.63) is 64.7 Å². The summed E-state index contributed by atoms with van der Waals surface area (Å²) in [5, 5.41) is 12.0. The minimum absolute atomic E-state index is 0.213. The summed E-state index contributed by atoms with van der Waals surface area (Å²) in [5.74, 6) is 0.699. The molecule has 0 bridgehead atoms. The summed E-state index contributed by atoms with van der Waals surface area (Å²) in [4.78, 5) is 2.34. The number of likely N-dealkylation sites (tertiary alicyclic amines) is 1. The van der Waals surface area contributed by atoms with Crippen LogP contribution in [0.4, 0.5) is 13.2 Å². The lowest BCUT2D eigenvalue weighted by Gasteiger charge is -2.49. The van der Waals surface area contributed by atoms with Crippen molar-refractivity contribution < 1.29 is 23.0 Å².